The van der Waals surface area contributed by atoms with E-state index >= 15 is 0 Å². The average Bonchev–Trinajstić information content (AvgIpc) is 2.88. The summed E-state index contributed by atoms with van der Waals surface area (Å²) in [4.78, 5) is 0.0427. The fourth-order valence-corrected chi connectivity index (χ4v) is 6.30. The molecule has 0 aliphatic carbocycles. The summed E-state index contributed by atoms with van der Waals surface area (Å²) in [7, 11) is 1.78. The summed E-state index contributed by atoms with van der Waals surface area (Å²) in [6, 6.07) is 25.2. The molecule has 0 bridgehead atoms. The predicted molar refractivity (Wildman–Crippen MR) is 139 cm³/mol. The highest BCUT2D eigenvalue weighted by molar-refractivity contribution is 7.89. The molecule has 0 spiro atoms. The topological polar surface area (TPSA) is 47.0 Å². The standard InChI is InChI=1S/C28H23FN3O2S.HI/c1-30-24-9-5-4-7-23(24)28-27-22(8-6-10-25(27)30)21-16-13-19(17-26(21)31(28)2)32(3)35(33,34)20-14-11-18(29)12-15-20;/h4-17H,1-3H3;1H/q+1;/p-1. The summed E-state index contributed by atoms with van der Waals surface area (Å²) in [5.74, 6) is -0.476. The van der Waals surface area contributed by atoms with Gasteiger partial charge in [-0.25, -0.2) is 4.39 Å². The van der Waals surface area contributed by atoms with Gasteiger partial charge in [-0.2, -0.15) is 8.42 Å². The molecule has 0 atom stereocenters. The summed E-state index contributed by atoms with van der Waals surface area (Å²) in [5, 5.41) is 4.98. The molecule has 0 N–H and O–H groups in total. The average molecular weight is 611 g/mol. The van der Waals surface area contributed by atoms with Crippen LogP contribution in [0.4, 0.5) is 4.39 Å². The van der Waals surface area contributed by atoms with E-state index in [1.54, 1.807) is 0 Å². The van der Waals surface area contributed by atoms with Crippen molar-refractivity contribution in [3.8, 4) is 0 Å². The van der Waals surface area contributed by atoms with Gasteiger partial charge in [-0.3, -0.25) is 0 Å². The van der Waals surface area contributed by atoms with Crippen molar-refractivity contribution in [1.82, 2.24) is 13.1 Å². The van der Waals surface area contributed by atoms with Crippen molar-refractivity contribution in [3.63, 3.8) is 0 Å². The van der Waals surface area contributed by atoms with Gasteiger partial charge < -0.3 is 33.1 Å². The molecule has 0 aliphatic heterocycles. The van der Waals surface area contributed by atoms with Crippen LogP contribution in [-0.4, -0.2) is 24.6 Å². The zero-order chi connectivity index (χ0) is 24.5. The molecule has 0 saturated heterocycles. The van der Waals surface area contributed by atoms with Crippen LogP contribution in [-0.2, 0) is 24.1 Å². The normalized spacial score (nSPS) is 12.9. The maximum absolute atomic E-state index is 13.4. The second-order valence-corrected chi connectivity index (χ2v) is 10.8. The SMILES string of the molecule is Cn1c2ccccc2c2c3c(cccc31)c1cc/c(=[N+](/C)S(=O)(=O)c3ccc(F)cc3)cc1n2C.[I-]. The van der Waals surface area contributed by atoms with Gasteiger partial charge in [0.15, 0.2) is 7.05 Å². The van der Waals surface area contributed by atoms with Crippen LogP contribution in [0.25, 0.3) is 43.6 Å². The largest absolute Gasteiger partial charge is 1.00 e. The van der Waals surface area contributed by atoms with Gasteiger partial charge in [0.05, 0.1) is 22.1 Å². The lowest BCUT2D eigenvalue weighted by Crippen LogP contribution is -3.00. The van der Waals surface area contributed by atoms with Crippen LogP contribution < -0.4 is 33.3 Å². The van der Waals surface area contributed by atoms with Crippen molar-refractivity contribution in [2.24, 2.45) is 14.1 Å². The van der Waals surface area contributed by atoms with Gasteiger partial charge in [-0.05, 0) is 47.9 Å². The summed E-state index contributed by atoms with van der Waals surface area (Å²) >= 11 is 0. The number of aromatic nitrogens is 2. The van der Waals surface area contributed by atoms with Crippen molar-refractivity contribution in [3.05, 3.63) is 96.1 Å². The Morgan fingerprint density at radius 2 is 1.39 bits per heavy atom. The molecule has 6 rings (SSSR count). The van der Waals surface area contributed by atoms with Gasteiger partial charge in [-0.15, -0.1) is 3.98 Å². The number of hydrogen-bond donors (Lipinski definition) is 0. The zero-order valence-corrected chi connectivity index (χ0v) is 22.9. The summed E-state index contributed by atoms with van der Waals surface area (Å²) in [6.45, 7) is 0. The third-order valence-electron chi connectivity index (χ3n) is 6.97. The minimum atomic E-state index is -3.85. The van der Waals surface area contributed by atoms with E-state index in [-0.39, 0.29) is 28.9 Å². The number of para-hydroxylation sites is 1. The van der Waals surface area contributed by atoms with E-state index < -0.39 is 15.8 Å². The van der Waals surface area contributed by atoms with Crippen molar-refractivity contribution in [2.75, 3.05) is 7.05 Å². The molecular formula is C28H23FIN3O2S. The molecule has 8 heteroatoms. The molecule has 182 valence electrons. The van der Waals surface area contributed by atoms with Crippen molar-refractivity contribution < 1.29 is 36.8 Å². The van der Waals surface area contributed by atoms with Crippen LogP contribution in [0, 0.1) is 5.82 Å². The van der Waals surface area contributed by atoms with Crippen molar-refractivity contribution >= 4 is 53.6 Å². The Hall–Kier alpha value is -3.24. The number of hydrogen-bond acceptors (Lipinski definition) is 2. The Morgan fingerprint density at radius 3 is 2.14 bits per heavy atom. The molecular weight excluding hydrogens is 588 g/mol. The van der Waals surface area contributed by atoms with E-state index in [4.69, 9.17) is 0 Å². The lowest BCUT2D eigenvalue weighted by atomic mass is 9.99. The molecule has 6 aromatic rings. The summed E-state index contributed by atoms with van der Waals surface area (Å²) in [6.07, 6.45) is 0. The third kappa shape index (κ3) is 3.46. The van der Waals surface area contributed by atoms with Crippen LogP contribution in [0.5, 0.6) is 0 Å². The first-order valence-corrected chi connectivity index (χ1v) is 12.7. The van der Waals surface area contributed by atoms with Crippen LogP contribution in [0.3, 0.4) is 0 Å². The Kier molecular flexibility index (Phi) is 5.91. The van der Waals surface area contributed by atoms with E-state index in [1.807, 2.05) is 37.4 Å². The van der Waals surface area contributed by atoms with Gasteiger partial charge in [0.25, 0.3) is 0 Å². The van der Waals surface area contributed by atoms with Gasteiger partial charge in [0, 0.05) is 42.4 Å². The van der Waals surface area contributed by atoms with Crippen LogP contribution >= 0.6 is 0 Å². The maximum atomic E-state index is 13.4. The van der Waals surface area contributed by atoms with Crippen LogP contribution in [0.1, 0.15) is 0 Å². The van der Waals surface area contributed by atoms with Gasteiger partial charge in [0.1, 0.15) is 10.7 Å². The van der Waals surface area contributed by atoms with Crippen molar-refractivity contribution in [1.29, 1.82) is 0 Å². The Labute approximate surface area is 224 Å². The number of halogens is 2. The highest BCUT2D eigenvalue weighted by Crippen LogP contribution is 2.36. The van der Waals surface area contributed by atoms with E-state index in [0.717, 1.165) is 50.4 Å². The van der Waals surface area contributed by atoms with E-state index in [9.17, 15) is 12.8 Å². The monoisotopic (exact) mass is 611 g/mol. The molecule has 0 fully saturated rings. The minimum absolute atomic E-state index is 0. The second kappa shape index (κ2) is 8.70. The Balaban J connectivity index is 0.00000267. The number of rotatable bonds is 2. The highest BCUT2D eigenvalue weighted by Gasteiger charge is 2.25. The summed E-state index contributed by atoms with van der Waals surface area (Å²) in [5.41, 5.74) is 4.27. The molecule has 0 aliphatic rings. The highest BCUT2D eigenvalue weighted by atomic mass is 127. The minimum Gasteiger partial charge on any atom is -1.00 e. The predicted octanol–water partition coefficient (Wildman–Crippen LogP) is 1.91. The molecule has 4 aromatic carbocycles. The van der Waals surface area contributed by atoms with Gasteiger partial charge >= 0.3 is 10.0 Å². The molecule has 36 heavy (non-hydrogen) atoms. The lowest BCUT2D eigenvalue weighted by Gasteiger charge is -2.20. The molecule has 5 nitrogen and oxygen atoms in total. The first-order chi connectivity index (χ1) is 16.8. The third-order valence-corrected chi connectivity index (χ3v) is 8.76. The number of pyridine rings is 2. The Morgan fingerprint density at radius 1 is 0.722 bits per heavy atom. The van der Waals surface area contributed by atoms with Crippen LogP contribution in [0.15, 0.2) is 89.8 Å². The second-order valence-electron chi connectivity index (χ2n) is 8.81. The molecule has 0 unspecified atom stereocenters. The molecule has 0 saturated carbocycles. The number of fused-ring (bicyclic) bond motifs is 4. The van der Waals surface area contributed by atoms with E-state index in [0.29, 0.717) is 5.36 Å². The van der Waals surface area contributed by atoms with Gasteiger partial charge in [-0.1, -0.05) is 30.3 Å². The fraction of sp³-hybridized carbons (Fsp3) is 0.107. The smallest absolute Gasteiger partial charge is 0.395 e. The maximum Gasteiger partial charge on any atom is 0.395 e. The Bertz CT molecular complexity index is 2010. The quantitative estimate of drug-likeness (QED) is 0.130. The zero-order valence-electron chi connectivity index (χ0n) is 19.9. The first-order valence-electron chi connectivity index (χ1n) is 11.2. The molecule has 2 aromatic heterocycles. The number of benzene rings is 4. The fourth-order valence-electron chi connectivity index (χ4n) is 5.12. The van der Waals surface area contributed by atoms with E-state index in [1.165, 1.54) is 28.5 Å². The van der Waals surface area contributed by atoms with E-state index in [2.05, 4.69) is 46.5 Å². The van der Waals surface area contributed by atoms with Gasteiger partial charge in [0.2, 0.25) is 5.36 Å². The number of nitrogens with zero attached hydrogens (tertiary/aromatic N) is 3. The first kappa shape index (κ1) is 24.5. The molecule has 2 heterocycles. The molecule has 0 amide bonds. The van der Waals surface area contributed by atoms with Crippen molar-refractivity contribution in [2.45, 2.75) is 4.90 Å². The van der Waals surface area contributed by atoms with Crippen LogP contribution in [0.2, 0.25) is 0 Å². The number of aryl methyl sites for hydroxylation is 2. The number of sulfonamides is 1. The lowest BCUT2D eigenvalue weighted by molar-refractivity contribution is -0.00000992. The molecule has 0 radical (unpaired) electrons. The summed E-state index contributed by atoms with van der Waals surface area (Å²) < 4.78 is 45.5.